The summed E-state index contributed by atoms with van der Waals surface area (Å²) in [7, 11) is 1.64. The van der Waals surface area contributed by atoms with Gasteiger partial charge in [-0.3, -0.25) is 9.79 Å². The molecule has 2 N–H and O–H groups in total. The van der Waals surface area contributed by atoms with Gasteiger partial charge < -0.3 is 15.4 Å². The lowest BCUT2D eigenvalue weighted by atomic mass is 9.92. The molecular formula is C22H21N3O2. The molecule has 0 spiro atoms. The topological polar surface area (TPSA) is 67.9 Å². The number of benzene rings is 2. The van der Waals surface area contributed by atoms with Gasteiger partial charge in [-0.2, -0.15) is 0 Å². The first-order valence-electron chi connectivity index (χ1n) is 8.90. The van der Waals surface area contributed by atoms with Crippen LogP contribution in [0.2, 0.25) is 0 Å². The van der Waals surface area contributed by atoms with Crippen LogP contribution >= 0.6 is 0 Å². The molecule has 2 aliphatic rings. The summed E-state index contributed by atoms with van der Waals surface area (Å²) in [5, 5.41) is 0. The number of allylic oxidation sites excluding steroid dienone is 2. The van der Waals surface area contributed by atoms with Crippen molar-refractivity contribution >= 4 is 23.3 Å². The number of ketones is 1. The number of para-hydroxylation sites is 1. The third kappa shape index (κ3) is 3.24. The molecule has 1 atom stereocenters. The van der Waals surface area contributed by atoms with E-state index < -0.39 is 6.04 Å². The summed E-state index contributed by atoms with van der Waals surface area (Å²) in [5.41, 5.74) is 10.3. The third-order valence-corrected chi connectivity index (χ3v) is 4.91. The maximum Gasteiger partial charge on any atom is 0.204 e. The van der Waals surface area contributed by atoms with Gasteiger partial charge in [-0.1, -0.05) is 30.3 Å². The lowest BCUT2D eigenvalue weighted by Gasteiger charge is -2.33. The van der Waals surface area contributed by atoms with Gasteiger partial charge in [0.2, 0.25) is 5.78 Å². The SMILES string of the molecule is COc1ccc(C2=CC(N3CCN=Cc4ccccc43)C(=O)C(N)=C2)cc1. The summed E-state index contributed by atoms with van der Waals surface area (Å²) < 4.78 is 5.23. The van der Waals surface area contributed by atoms with E-state index >= 15 is 0 Å². The first kappa shape index (κ1) is 17.1. The maximum atomic E-state index is 12.9. The van der Waals surface area contributed by atoms with E-state index in [1.807, 2.05) is 60.8 Å². The Balaban J connectivity index is 1.74. The predicted molar refractivity (Wildman–Crippen MR) is 108 cm³/mol. The van der Waals surface area contributed by atoms with Gasteiger partial charge in [-0.15, -0.1) is 0 Å². The van der Waals surface area contributed by atoms with Crippen molar-refractivity contribution in [3.63, 3.8) is 0 Å². The van der Waals surface area contributed by atoms with Crippen LogP contribution in [-0.4, -0.2) is 38.2 Å². The van der Waals surface area contributed by atoms with Crippen molar-refractivity contribution in [3.8, 4) is 5.75 Å². The zero-order valence-electron chi connectivity index (χ0n) is 15.1. The molecule has 2 aromatic carbocycles. The maximum absolute atomic E-state index is 12.9. The van der Waals surface area contributed by atoms with Crippen molar-refractivity contribution in [3.05, 3.63) is 77.5 Å². The van der Waals surface area contributed by atoms with Crippen molar-refractivity contribution in [2.45, 2.75) is 6.04 Å². The number of hydrogen-bond acceptors (Lipinski definition) is 5. The second kappa shape index (κ2) is 7.11. The highest BCUT2D eigenvalue weighted by Crippen LogP contribution is 2.30. The molecule has 0 aromatic heterocycles. The van der Waals surface area contributed by atoms with Crippen LogP contribution in [0, 0.1) is 0 Å². The molecule has 0 fully saturated rings. The number of aliphatic imine (C=N–C) groups is 1. The molecule has 5 heteroatoms. The van der Waals surface area contributed by atoms with E-state index in [2.05, 4.69) is 9.89 Å². The van der Waals surface area contributed by atoms with E-state index in [4.69, 9.17) is 10.5 Å². The lowest BCUT2D eigenvalue weighted by molar-refractivity contribution is -0.116. The summed E-state index contributed by atoms with van der Waals surface area (Å²) in [6.07, 6.45) is 5.61. The summed E-state index contributed by atoms with van der Waals surface area (Å²) in [6, 6.07) is 15.3. The van der Waals surface area contributed by atoms with Crippen molar-refractivity contribution < 1.29 is 9.53 Å². The Hall–Kier alpha value is -3.34. The van der Waals surface area contributed by atoms with Gasteiger partial charge in [0.15, 0.2) is 0 Å². The summed E-state index contributed by atoms with van der Waals surface area (Å²) in [5.74, 6) is 0.710. The number of methoxy groups -OCH3 is 1. The Morgan fingerprint density at radius 2 is 1.93 bits per heavy atom. The number of carbonyl (C=O) groups excluding carboxylic acids is 1. The zero-order chi connectivity index (χ0) is 18.8. The zero-order valence-corrected chi connectivity index (χ0v) is 15.1. The molecule has 27 heavy (non-hydrogen) atoms. The molecule has 1 heterocycles. The highest BCUT2D eigenvalue weighted by molar-refractivity contribution is 6.08. The molecule has 4 rings (SSSR count). The summed E-state index contributed by atoms with van der Waals surface area (Å²) >= 11 is 0. The van der Waals surface area contributed by atoms with Gasteiger partial charge in [0.1, 0.15) is 11.8 Å². The third-order valence-electron chi connectivity index (χ3n) is 4.91. The number of rotatable bonds is 3. The molecule has 0 amide bonds. The van der Waals surface area contributed by atoms with E-state index in [1.165, 1.54) is 0 Å². The first-order valence-corrected chi connectivity index (χ1v) is 8.90. The van der Waals surface area contributed by atoms with Crippen LogP contribution in [0.5, 0.6) is 5.75 Å². The minimum Gasteiger partial charge on any atom is -0.497 e. The molecule has 1 unspecified atom stereocenters. The second-order valence-corrected chi connectivity index (χ2v) is 6.55. The van der Waals surface area contributed by atoms with Crippen molar-refractivity contribution in [1.29, 1.82) is 0 Å². The Morgan fingerprint density at radius 3 is 2.70 bits per heavy atom. The number of ether oxygens (including phenoxy) is 1. The minimum absolute atomic E-state index is 0.0797. The van der Waals surface area contributed by atoms with E-state index in [1.54, 1.807) is 13.2 Å². The van der Waals surface area contributed by atoms with Gasteiger partial charge in [0.25, 0.3) is 0 Å². The van der Waals surface area contributed by atoms with Crippen LogP contribution in [0.15, 0.2) is 71.4 Å². The van der Waals surface area contributed by atoms with Crippen LogP contribution < -0.4 is 15.4 Å². The molecule has 1 aliphatic carbocycles. The fourth-order valence-corrected chi connectivity index (χ4v) is 3.49. The highest BCUT2D eigenvalue weighted by Gasteiger charge is 2.30. The van der Waals surface area contributed by atoms with Gasteiger partial charge in [0, 0.05) is 24.0 Å². The molecule has 2 aromatic rings. The van der Waals surface area contributed by atoms with Gasteiger partial charge in [-0.05, 0) is 41.5 Å². The number of hydrogen-bond donors (Lipinski definition) is 1. The minimum atomic E-state index is -0.449. The summed E-state index contributed by atoms with van der Waals surface area (Å²) in [4.78, 5) is 19.4. The van der Waals surface area contributed by atoms with Gasteiger partial charge in [0.05, 0.1) is 19.4 Å². The van der Waals surface area contributed by atoms with E-state index in [0.29, 0.717) is 13.1 Å². The molecule has 0 bridgehead atoms. The average Bonchev–Trinajstić information content (AvgIpc) is 2.92. The van der Waals surface area contributed by atoms with Crippen LogP contribution in [-0.2, 0) is 4.79 Å². The average molecular weight is 359 g/mol. The van der Waals surface area contributed by atoms with Crippen LogP contribution in [0.25, 0.3) is 5.57 Å². The second-order valence-electron chi connectivity index (χ2n) is 6.55. The first-order chi connectivity index (χ1) is 13.2. The number of nitrogens with zero attached hydrogens (tertiary/aromatic N) is 2. The molecule has 0 saturated heterocycles. The highest BCUT2D eigenvalue weighted by atomic mass is 16.5. The van der Waals surface area contributed by atoms with E-state index in [0.717, 1.165) is 28.1 Å². The quantitative estimate of drug-likeness (QED) is 0.915. The smallest absolute Gasteiger partial charge is 0.204 e. The number of Topliss-reactive ketones (excluding diaryl/α,β-unsaturated/α-hetero) is 1. The number of benzodiazepines with no additional fused rings is 1. The largest absolute Gasteiger partial charge is 0.497 e. The molecule has 5 nitrogen and oxygen atoms in total. The monoisotopic (exact) mass is 359 g/mol. The van der Waals surface area contributed by atoms with Gasteiger partial charge >= 0.3 is 0 Å². The lowest BCUT2D eigenvalue weighted by Crippen LogP contribution is -2.44. The van der Waals surface area contributed by atoms with Crippen LogP contribution in [0.4, 0.5) is 5.69 Å². The van der Waals surface area contributed by atoms with Crippen molar-refractivity contribution in [2.24, 2.45) is 10.7 Å². The fraction of sp³-hybridized carbons (Fsp3) is 0.182. The summed E-state index contributed by atoms with van der Waals surface area (Å²) in [6.45, 7) is 1.29. The van der Waals surface area contributed by atoms with Gasteiger partial charge in [-0.25, -0.2) is 0 Å². The number of nitrogens with two attached hydrogens (primary N) is 1. The molecule has 136 valence electrons. The molecular weight excluding hydrogens is 338 g/mol. The Labute approximate surface area is 158 Å². The number of fused-ring (bicyclic) bond motifs is 1. The number of anilines is 1. The van der Waals surface area contributed by atoms with E-state index in [9.17, 15) is 4.79 Å². The molecule has 0 radical (unpaired) electrons. The fourth-order valence-electron chi connectivity index (χ4n) is 3.49. The van der Waals surface area contributed by atoms with Crippen LogP contribution in [0.1, 0.15) is 11.1 Å². The predicted octanol–water partition coefficient (Wildman–Crippen LogP) is 2.81. The Morgan fingerprint density at radius 1 is 1.15 bits per heavy atom. The standard InChI is InChI=1S/C22H21N3O2/c1-27-18-8-6-15(7-9-18)17-12-19(23)22(26)21(13-17)25-11-10-24-14-16-4-2-3-5-20(16)25/h2-9,12-14,21H,10-11,23H2,1H3. The van der Waals surface area contributed by atoms with Crippen molar-refractivity contribution in [2.75, 3.05) is 25.1 Å². The van der Waals surface area contributed by atoms with E-state index in [-0.39, 0.29) is 11.5 Å². The molecule has 0 saturated carbocycles. The van der Waals surface area contributed by atoms with Crippen molar-refractivity contribution in [1.82, 2.24) is 0 Å². The van der Waals surface area contributed by atoms with Crippen LogP contribution in [0.3, 0.4) is 0 Å². The molecule has 1 aliphatic heterocycles. The Kier molecular flexibility index (Phi) is 4.50. The number of carbonyl (C=O) groups is 1. The Bertz CT molecular complexity index is 958. The normalized spacial score (nSPS) is 19.1.